The first-order chi connectivity index (χ1) is 15.8. The minimum absolute atomic E-state index is 0.0896. The van der Waals surface area contributed by atoms with E-state index in [1.54, 1.807) is 37.5 Å². The lowest BCUT2D eigenvalue weighted by Gasteiger charge is -2.31. The van der Waals surface area contributed by atoms with Gasteiger partial charge >= 0.3 is 0 Å². The fourth-order valence-electron chi connectivity index (χ4n) is 4.15. The third kappa shape index (κ3) is 4.10. The molecule has 1 aromatic carbocycles. The topological polar surface area (TPSA) is 108 Å². The molecule has 3 aromatic rings. The molecule has 3 heterocycles. The first-order valence-electron chi connectivity index (χ1n) is 11.0. The molecule has 1 aliphatic rings. The molecule has 174 valence electrons. The molecule has 1 saturated heterocycles. The lowest BCUT2D eigenvalue weighted by atomic mass is 10.0. The van der Waals surface area contributed by atoms with Crippen molar-refractivity contribution >= 4 is 26.7 Å². The van der Waals surface area contributed by atoms with Gasteiger partial charge < -0.3 is 14.7 Å². The number of hydrogen-bond acceptors (Lipinski definition) is 7. The van der Waals surface area contributed by atoms with Crippen LogP contribution < -0.4 is 4.90 Å². The highest BCUT2D eigenvalue weighted by Crippen LogP contribution is 2.40. The van der Waals surface area contributed by atoms with E-state index in [1.165, 1.54) is 3.97 Å². The van der Waals surface area contributed by atoms with Crippen LogP contribution in [0.3, 0.4) is 0 Å². The van der Waals surface area contributed by atoms with Gasteiger partial charge in [-0.15, -0.1) is 0 Å². The number of aromatic nitrogens is 2. The number of rotatable bonds is 6. The molecule has 1 unspecified atom stereocenters. The molecular weight excluding hydrogens is 440 g/mol. The monoisotopic (exact) mass is 468 g/mol. The summed E-state index contributed by atoms with van der Waals surface area (Å²) in [5.74, 6) is -0.0896. The van der Waals surface area contributed by atoms with Gasteiger partial charge in [-0.1, -0.05) is 26.0 Å². The van der Waals surface area contributed by atoms with E-state index in [4.69, 9.17) is 4.74 Å². The average molecular weight is 469 g/mol. The van der Waals surface area contributed by atoms with Crippen LogP contribution >= 0.6 is 0 Å². The number of nitrogens with zero attached hydrogens (tertiary/aromatic N) is 4. The van der Waals surface area contributed by atoms with Crippen molar-refractivity contribution in [1.29, 1.82) is 5.26 Å². The molecular formula is C24H28N4O4S. The van der Waals surface area contributed by atoms with Crippen molar-refractivity contribution in [3.63, 3.8) is 0 Å². The van der Waals surface area contributed by atoms with Gasteiger partial charge in [0.25, 0.3) is 0 Å². The molecule has 9 heteroatoms. The summed E-state index contributed by atoms with van der Waals surface area (Å²) in [5, 5.41) is 19.6. The van der Waals surface area contributed by atoms with E-state index < -0.39 is 15.3 Å². The molecule has 8 nitrogen and oxygen atoms in total. The fraction of sp³-hybridized carbons (Fsp3) is 0.417. The summed E-state index contributed by atoms with van der Waals surface area (Å²) in [6.45, 7) is 7.53. The number of ether oxygens (including phenoxy) is 1. The van der Waals surface area contributed by atoms with Gasteiger partial charge in [-0.2, -0.15) is 5.26 Å². The molecule has 0 bridgehead atoms. The number of anilines is 1. The highest BCUT2D eigenvalue weighted by Gasteiger charge is 2.31. The molecule has 1 fully saturated rings. The number of benzene rings is 1. The van der Waals surface area contributed by atoms with E-state index in [-0.39, 0.29) is 12.5 Å². The molecule has 4 rings (SSSR count). The molecule has 2 aromatic heterocycles. The Kier molecular flexibility index (Phi) is 6.43. The van der Waals surface area contributed by atoms with E-state index in [2.05, 4.69) is 16.0 Å². The molecule has 0 saturated carbocycles. The Bertz CT molecular complexity index is 1320. The average Bonchev–Trinajstić information content (AvgIpc) is 3.24. The summed E-state index contributed by atoms with van der Waals surface area (Å²) in [6, 6.07) is 9.23. The molecule has 1 aliphatic heterocycles. The zero-order chi connectivity index (χ0) is 23.8. The van der Waals surface area contributed by atoms with Gasteiger partial charge in [-0.25, -0.2) is 17.4 Å². The van der Waals surface area contributed by atoms with E-state index in [0.29, 0.717) is 54.0 Å². The van der Waals surface area contributed by atoms with Crippen molar-refractivity contribution in [1.82, 2.24) is 8.96 Å². The normalized spacial score (nSPS) is 15.7. The number of fused-ring (bicyclic) bond motifs is 1. The third-order valence-corrected chi connectivity index (χ3v) is 8.63. The molecule has 0 radical (unpaired) electrons. The van der Waals surface area contributed by atoms with Crippen molar-refractivity contribution in [2.24, 2.45) is 5.92 Å². The van der Waals surface area contributed by atoms with Gasteiger partial charge in [0, 0.05) is 36.6 Å². The van der Waals surface area contributed by atoms with Crippen LogP contribution in [0.2, 0.25) is 0 Å². The largest absolute Gasteiger partial charge is 0.392 e. The minimum Gasteiger partial charge on any atom is -0.392 e. The zero-order valence-corrected chi connectivity index (χ0v) is 19.8. The highest BCUT2D eigenvalue weighted by atomic mass is 32.2. The van der Waals surface area contributed by atoms with E-state index in [1.807, 2.05) is 19.9 Å². The molecule has 1 N–H and O–H groups in total. The summed E-state index contributed by atoms with van der Waals surface area (Å²) in [5.41, 5.74) is 3.55. The van der Waals surface area contributed by atoms with Crippen LogP contribution in [0.4, 0.5) is 5.69 Å². The number of hydrogen-bond donors (Lipinski definition) is 1. The molecule has 1 atom stereocenters. The van der Waals surface area contributed by atoms with Crippen molar-refractivity contribution in [2.45, 2.75) is 32.6 Å². The van der Waals surface area contributed by atoms with E-state index in [9.17, 15) is 18.8 Å². The van der Waals surface area contributed by atoms with Crippen molar-refractivity contribution in [3.05, 3.63) is 47.8 Å². The Balaban J connectivity index is 2.09. The molecule has 0 aliphatic carbocycles. The zero-order valence-electron chi connectivity index (χ0n) is 19.0. The Morgan fingerprint density at radius 3 is 2.61 bits per heavy atom. The summed E-state index contributed by atoms with van der Waals surface area (Å²) in [7, 11) is -3.75. The van der Waals surface area contributed by atoms with Gasteiger partial charge in [0.1, 0.15) is 0 Å². The summed E-state index contributed by atoms with van der Waals surface area (Å²) >= 11 is 0. The highest BCUT2D eigenvalue weighted by molar-refractivity contribution is 7.90. The van der Waals surface area contributed by atoms with Gasteiger partial charge in [-0.05, 0) is 30.5 Å². The quantitative estimate of drug-likeness (QED) is 0.592. The maximum Gasteiger partial charge on any atom is 0.243 e. The molecule has 0 spiro atoms. The first-order valence-corrected chi connectivity index (χ1v) is 12.5. The Labute approximate surface area is 194 Å². The van der Waals surface area contributed by atoms with E-state index >= 15 is 0 Å². The van der Waals surface area contributed by atoms with Crippen LogP contribution in [0, 0.1) is 17.2 Å². The predicted molar refractivity (Wildman–Crippen MR) is 127 cm³/mol. The smallest absolute Gasteiger partial charge is 0.243 e. The summed E-state index contributed by atoms with van der Waals surface area (Å²) < 4.78 is 34.0. The Morgan fingerprint density at radius 1 is 1.24 bits per heavy atom. The Morgan fingerprint density at radius 2 is 1.97 bits per heavy atom. The van der Waals surface area contributed by atoms with Crippen molar-refractivity contribution in [2.75, 3.05) is 31.2 Å². The number of aliphatic hydroxyl groups is 1. The van der Waals surface area contributed by atoms with Crippen LogP contribution in [0.15, 0.2) is 36.7 Å². The van der Waals surface area contributed by atoms with Gasteiger partial charge in [0.05, 0.1) is 47.8 Å². The molecule has 0 amide bonds. The lowest BCUT2D eigenvalue weighted by Crippen LogP contribution is -2.37. The lowest BCUT2D eigenvalue weighted by molar-refractivity contribution is 0.122. The van der Waals surface area contributed by atoms with Crippen LogP contribution in [0.25, 0.3) is 22.2 Å². The summed E-state index contributed by atoms with van der Waals surface area (Å²) in [4.78, 5) is 6.62. The van der Waals surface area contributed by atoms with Gasteiger partial charge in [0.2, 0.25) is 10.0 Å². The van der Waals surface area contributed by atoms with Crippen LogP contribution in [-0.2, 0) is 21.4 Å². The molecule has 33 heavy (non-hydrogen) atoms. The van der Waals surface area contributed by atoms with E-state index in [0.717, 1.165) is 11.3 Å². The first kappa shape index (κ1) is 23.2. The van der Waals surface area contributed by atoms with Crippen molar-refractivity contribution < 1.29 is 18.3 Å². The SMILES string of the molecule is CC(C)C(C)S(=O)(=O)n1cc(-c2cccc(C#N)c2)c2c(N3CCOCC3)c(CO)cnc21. The maximum absolute atomic E-state index is 13.6. The predicted octanol–water partition coefficient (Wildman–Crippen LogP) is 3.13. The second kappa shape index (κ2) is 9.14. The van der Waals surface area contributed by atoms with Gasteiger partial charge in [0.15, 0.2) is 5.65 Å². The van der Waals surface area contributed by atoms with Crippen LogP contribution in [0.1, 0.15) is 31.9 Å². The summed E-state index contributed by atoms with van der Waals surface area (Å²) in [6.07, 6.45) is 3.15. The standard InChI is InChI=1S/C24H28N4O4S/c1-16(2)17(3)33(30,31)28-14-21(19-6-4-5-18(11-19)12-25)22-23(27-7-9-32-10-8-27)20(15-29)13-26-24(22)28/h4-6,11,13-14,16-17,29H,7-10,15H2,1-3H3. The second-order valence-electron chi connectivity index (χ2n) is 8.61. The van der Waals surface area contributed by atoms with Crippen LogP contribution in [0.5, 0.6) is 0 Å². The number of aliphatic hydroxyl groups excluding tert-OH is 1. The number of nitriles is 1. The minimum atomic E-state index is -3.75. The van der Waals surface area contributed by atoms with Gasteiger partial charge in [-0.3, -0.25) is 0 Å². The van der Waals surface area contributed by atoms with Crippen LogP contribution in [-0.4, -0.2) is 54.0 Å². The van der Waals surface area contributed by atoms with Crippen molar-refractivity contribution in [3.8, 4) is 17.2 Å². The Hall–Kier alpha value is -2.93. The maximum atomic E-state index is 13.6. The number of pyridine rings is 1. The second-order valence-corrected chi connectivity index (χ2v) is 10.8. The fourth-order valence-corrected chi connectivity index (χ4v) is 5.82. The number of morpholine rings is 1. The third-order valence-electron chi connectivity index (χ3n) is 6.31.